The summed E-state index contributed by atoms with van der Waals surface area (Å²) < 4.78 is 10.5. The Hall–Kier alpha value is -3.96. The number of anilines is 1. The molecule has 2 N–H and O–H groups in total. The minimum atomic E-state index is -0.624. The van der Waals surface area contributed by atoms with Gasteiger partial charge >= 0.3 is 12.1 Å². The number of urea groups is 1. The van der Waals surface area contributed by atoms with Gasteiger partial charge in [0.2, 0.25) is 0 Å². The predicted molar refractivity (Wildman–Crippen MR) is 161 cm³/mol. The average Bonchev–Trinajstić information content (AvgIpc) is 3.34. The number of Topliss-reactive ketones (excluding diaryl/α,β-unsaturated/α-hetero) is 1. The Kier molecular flexibility index (Phi) is 11.2. The monoisotopic (exact) mass is 581 g/mol. The van der Waals surface area contributed by atoms with Crippen molar-refractivity contribution < 1.29 is 23.9 Å². The topological polar surface area (TPSA) is 113 Å². The Morgan fingerprint density at radius 3 is 2.29 bits per heavy atom. The number of thiophene rings is 1. The lowest BCUT2D eigenvalue weighted by Gasteiger charge is -2.25. The minimum Gasteiger partial charge on any atom is -0.497 e. The quantitative estimate of drug-likeness (QED) is 0.283. The van der Waals surface area contributed by atoms with Gasteiger partial charge in [0.05, 0.1) is 12.8 Å². The molecule has 0 fully saturated rings. The smallest absolute Gasteiger partial charge is 0.412 e. The highest BCUT2D eigenvalue weighted by molar-refractivity contribution is 7.08. The zero-order chi connectivity index (χ0) is 30.0. The Balaban J connectivity index is 1.61. The summed E-state index contributed by atoms with van der Waals surface area (Å²) >= 11 is 1.39. The van der Waals surface area contributed by atoms with Gasteiger partial charge in [0.1, 0.15) is 17.0 Å². The normalized spacial score (nSPS) is 11.2. The molecule has 0 atom stereocenters. The molecule has 0 aliphatic rings. The Morgan fingerprint density at radius 2 is 1.68 bits per heavy atom. The molecule has 3 rings (SSSR count). The van der Waals surface area contributed by atoms with E-state index in [9.17, 15) is 14.4 Å². The highest BCUT2D eigenvalue weighted by atomic mass is 32.1. The molecular formula is C30H39N5O5S. The summed E-state index contributed by atoms with van der Waals surface area (Å²) in [6.07, 6.45) is 1.14. The number of carbonyl (C=O) groups excluding carboxylic acids is 3. The maximum atomic E-state index is 13.1. The third-order valence-electron chi connectivity index (χ3n) is 5.92. The van der Waals surface area contributed by atoms with Gasteiger partial charge < -0.3 is 24.6 Å². The second-order valence-corrected chi connectivity index (χ2v) is 11.6. The Bertz CT molecular complexity index is 1300. The van der Waals surface area contributed by atoms with Crippen LogP contribution in [0.25, 0.3) is 0 Å². The molecule has 0 aliphatic heterocycles. The van der Waals surface area contributed by atoms with E-state index < -0.39 is 11.7 Å². The zero-order valence-electron chi connectivity index (χ0n) is 24.5. The lowest BCUT2D eigenvalue weighted by molar-refractivity contribution is 0.0635. The van der Waals surface area contributed by atoms with E-state index in [1.54, 1.807) is 50.4 Å². The highest BCUT2D eigenvalue weighted by Gasteiger charge is 2.20. The minimum absolute atomic E-state index is 0.0870. The molecule has 0 aliphatic carbocycles. The van der Waals surface area contributed by atoms with E-state index in [4.69, 9.17) is 9.47 Å². The van der Waals surface area contributed by atoms with Crippen molar-refractivity contribution in [2.24, 2.45) is 0 Å². The van der Waals surface area contributed by atoms with Crippen LogP contribution in [0.5, 0.6) is 5.75 Å². The summed E-state index contributed by atoms with van der Waals surface area (Å²) in [6, 6.07) is 10.8. The van der Waals surface area contributed by atoms with Gasteiger partial charge in [-0.05, 0) is 75.1 Å². The van der Waals surface area contributed by atoms with Gasteiger partial charge in [-0.2, -0.15) is 0 Å². The fraction of sp³-hybridized carbons (Fsp3) is 0.400. The number of ether oxygens (including phenoxy) is 2. The first-order chi connectivity index (χ1) is 19.4. The maximum absolute atomic E-state index is 13.1. The van der Waals surface area contributed by atoms with Crippen molar-refractivity contribution in [3.05, 3.63) is 75.7 Å². The number of carbonyl (C=O) groups is 3. The largest absolute Gasteiger partial charge is 0.497 e. The zero-order valence-corrected chi connectivity index (χ0v) is 25.3. The van der Waals surface area contributed by atoms with Crippen LogP contribution in [0.1, 0.15) is 48.0 Å². The van der Waals surface area contributed by atoms with Crippen molar-refractivity contribution in [3.8, 4) is 5.75 Å². The lowest BCUT2D eigenvalue weighted by atomic mass is 10.1. The van der Waals surface area contributed by atoms with Gasteiger partial charge in [-0.25, -0.2) is 9.59 Å². The Morgan fingerprint density at radius 1 is 0.976 bits per heavy atom. The van der Waals surface area contributed by atoms with E-state index in [0.29, 0.717) is 43.1 Å². The predicted octanol–water partition coefficient (Wildman–Crippen LogP) is 5.20. The van der Waals surface area contributed by atoms with Crippen LogP contribution in [0.3, 0.4) is 0 Å². The number of nitrogens with zero attached hydrogens (tertiary/aromatic N) is 3. The highest BCUT2D eigenvalue weighted by Crippen LogP contribution is 2.23. The molecule has 10 nitrogen and oxygen atoms in total. The van der Waals surface area contributed by atoms with Crippen molar-refractivity contribution in [3.63, 3.8) is 0 Å². The van der Waals surface area contributed by atoms with Crippen molar-refractivity contribution in [2.45, 2.75) is 45.9 Å². The van der Waals surface area contributed by atoms with Crippen molar-refractivity contribution in [2.75, 3.05) is 39.6 Å². The van der Waals surface area contributed by atoms with E-state index in [1.165, 1.54) is 11.3 Å². The van der Waals surface area contributed by atoms with Gasteiger partial charge in [-0.15, -0.1) is 11.3 Å². The second-order valence-electron chi connectivity index (χ2n) is 10.8. The van der Waals surface area contributed by atoms with Crippen LogP contribution < -0.4 is 15.4 Å². The lowest BCUT2D eigenvalue weighted by Crippen LogP contribution is -2.42. The molecule has 2 aromatic heterocycles. The molecule has 1 aromatic carbocycles. The van der Waals surface area contributed by atoms with Crippen LogP contribution in [0.4, 0.5) is 15.3 Å². The SMILES string of the molecule is COc1ccc(CNC(=O)N(CCN(C)C)Cc2ccc(C(=O)Cc3cscc3NC(=O)OC(C)(C)C)nc2)cc1. The van der Waals surface area contributed by atoms with Crippen molar-refractivity contribution in [1.82, 2.24) is 20.1 Å². The average molecular weight is 582 g/mol. The molecule has 3 amide bonds. The summed E-state index contributed by atoms with van der Waals surface area (Å²) in [5.74, 6) is 0.583. The van der Waals surface area contributed by atoms with Gasteiger partial charge in [0, 0.05) is 44.2 Å². The number of ketones is 1. The number of aromatic nitrogens is 1. The maximum Gasteiger partial charge on any atom is 0.412 e. The number of amides is 3. The molecule has 0 unspecified atom stereocenters. The fourth-order valence-corrected chi connectivity index (χ4v) is 4.55. The van der Waals surface area contributed by atoms with E-state index in [0.717, 1.165) is 16.9 Å². The third kappa shape index (κ3) is 10.5. The molecule has 2 heterocycles. The van der Waals surface area contributed by atoms with E-state index >= 15 is 0 Å². The molecule has 0 saturated carbocycles. The number of pyridine rings is 1. The number of benzene rings is 1. The summed E-state index contributed by atoms with van der Waals surface area (Å²) in [7, 11) is 5.53. The number of nitrogens with one attached hydrogen (secondary N) is 2. The fourth-order valence-electron chi connectivity index (χ4n) is 3.76. The van der Waals surface area contributed by atoms with Crippen LogP contribution in [-0.4, -0.2) is 72.6 Å². The van der Waals surface area contributed by atoms with Gasteiger partial charge in [0.15, 0.2) is 5.78 Å². The molecule has 0 spiro atoms. The molecule has 3 aromatic rings. The third-order valence-corrected chi connectivity index (χ3v) is 6.71. The van der Waals surface area contributed by atoms with Crippen molar-refractivity contribution >= 4 is 34.9 Å². The first-order valence-electron chi connectivity index (χ1n) is 13.3. The van der Waals surface area contributed by atoms with Crippen LogP contribution in [0.15, 0.2) is 53.4 Å². The van der Waals surface area contributed by atoms with Crippen LogP contribution in [0, 0.1) is 0 Å². The number of likely N-dealkylation sites (N-methyl/N-ethyl adjacent to an activating group) is 1. The summed E-state index contributed by atoms with van der Waals surface area (Å²) in [5.41, 5.74) is 2.70. The van der Waals surface area contributed by atoms with Gasteiger partial charge in [-0.3, -0.25) is 15.1 Å². The van der Waals surface area contributed by atoms with Gasteiger partial charge in [-0.1, -0.05) is 18.2 Å². The summed E-state index contributed by atoms with van der Waals surface area (Å²) in [5, 5.41) is 9.29. The number of methoxy groups -OCH3 is 1. The number of rotatable bonds is 12. The first-order valence-corrected chi connectivity index (χ1v) is 14.2. The van der Waals surface area contributed by atoms with Crippen LogP contribution >= 0.6 is 11.3 Å². The molecule has 0 bridgehead atoms. The molecule has 11 heteroatoms. The number of hydrogen-bond donors (Lipinski definition) is 2. The molecule has 0 radical (unpaired) electrons. The second kappa shape index (κ2) is 14.6. The van der Waals surface area contributed by atoms with E-state index in [2.05, 4.69) is 15.6 Å². The summed E-state index contributed by atoms with van der Waals surface area (Å²) in [6.45, 7) is 7.32. The standard InChI is InChI=1S/C30H39N5O5S/c1-30(2,3)40-29(38)33-26-20-41-19-23(26)15-27(36)25-12-9-22(17-31-25)18-35(14-13-34(4)5)28(37)32-16-21-7-10-24(39-6)11-8-21/h7-12,17,19-20H,13-16,18H2,1-6H3,(H,32,37)(H,33,38). The molecule has 0 saturated heterocycles. The van der Waals surface area contributed by atoms with E-state index in [-0.39, 0.29) is 18.2 Å². The van der Waals surface area contributed by atoms with Crippen molar-refractivity contribution in [1.29, 1.82) is 0 Å². The van der Waals surface area contributed by atoms with E-state index in [1.807, 2.05) is 54.7 Å². The van der Waals surface area contributed by atoms with Gasteiger partial charge in [0.25, 0.3) is 0 Å². The summed E-state index contributed by atoms with van der Waals surface area (Å²) in [4.78, 5) is 46.3. The Labute approximate surface area is 245 Å². The molecular weight excluding hydrogens is 542 g/mol. The van der Waals surface area contributed by atoms with Crippen LogP contribution in [0.2, 0.25) is 0 Å². The van der Waals surface area contributed by atoms with Crippen LogP contribution in [-0.2, 0) is 24.2 Å². The molecule has 41 heavy (non-hydrogen) atoms. The first kappa shape index (κ1) is 31.6. The molecule has 220 valence electrons. The number of hydrogen-bond acceptors (Lipinski definition) is 8.